The summed E-state index contributed by atoms with van der Waals surface area (Å²) in [4.78, 5) is 14.2. The lowest BCUT2D eigenvalue weighted by atomic mass is 9.97. The predicted molar refractivity (Wildman–Crippen MR) is 114 cm³/mol. The van der Waals surface area contributed by atoms with Gasteiger partial charge < -0.3 is 14.4 Å². The van der Waals surface area contributed by atoms with Gasteiger partial charge in [0.2, 0.25) is 5.91 Å². The molecule has 1 aromatic heterocycles. The zero-order valence-electron chi connectivity index (χ0n) is 16.3. The van der Waals surface area contributed by atoms with Crippen LogP contribution in [0.5, 0.6) is 5.75 Å². The van der Waals surface area contributed by atoms with Gasteiger partial charge in [-0.2, -0.15) is 5.10 Å². The van der Waals surface area contributed by atoms with Crippen molar-refractivity contribution in [2.45, 2.75) is 38.0 Å². The van der Waals surface area contributed by atoms with E-state index < -0.39 is 8.07 Å². The lowest BCUT2D eigenvalue weighted by Crippen LogP contribution is -2.23. The summed E-state index contributed by atoms with van der Waals surface area (Å²) in [6.07, 6.45) is 3.66. The van der Waals surface area contributed by atoms with Gasteiger partial charge in [0.25, 0.3) is 0 Å². The van der Waals surface area contributed by atoms with Crippen LogP contribution in [0.3, 0.4) is 0 Å². The monoisotopic (exact) mass is 441 g/mol. The van der Waals surface area contributed by atoms with Crippen LogP contribution in [0.25, 0.3) is 0 Å². The maximum atomic E-state index is 12.5. The van der Waals surface area contributed by atoms with Crippen molar-refractivity contribution in [2.24, 2.45) is 0 Å². The summed E-state index contributed by atoms with van der Waals surface area (Å²) in [5.41, 5.74) is 1.49. The molecule has 1 aliphatic heterocycles. The van der Waals surface area contributed by atoms with Crippen LogP contribution < -0.4 is 9.64 Å². The molecule has 0 unspecified atom stereocenters. The predicted octanol–water partition coefficient (Wildman–Crippen LogP) is 4.93. The van der Waals surface area contributed by atoms with E-state index in [4.69, 9.17) is 32.7 Å². The van der Waals surface area contributed by atoms with Crippen molar-refractivity contribution in [3.63, 3.8) is 0 Å². The minimum Gasteiger partial charge on any atom is -0.467 e. The number of ether oxygens (including phenoxy) is 2. The topological polar surface area (TPSA) is 67.5 Å². The molecule has 2 aromatic rings. The van der Waals surface area contributed by atoms with Crippen molar-refractivity contribution in [1.29, 1.82) is 0 Å². The number of benzene rings is 1. The lowest BCUT2D eigenvalue weighted by molar-refractivity contribution is -0.117. The number of nitrogens with zero attached hydrogens (tertiary/aromatic N) is 2. The number of carbonyl (C=O) groups is 1. The zero-order chi connectivity index (χ0) is 20.3. The largest absolute Gasteiger partial charge is 0.467 e. The van der Waals surface area contributed by atoms with E-state index in [-0.39, 0.29) is 18.6 Å². The van der Waals surface area contributed by atoms with Crippen LogP contribution in [0.4, 0.5) is 5.69 Å². The van der Waals surface area contributed by atoms with Gasteiger partial charge in [-0.25, -0.2) is 0 Å². The maximum Gasteiger partial charge on any atom is 0.227 e. The summed E-state index contributed by atoms with van der Waals surface area (Å²) in [5.74, 6) is 0.500. The highest BCUT2D eigenvalue weighted by Crippen LogP contribution is 2.42. The van der Waals surface area contributed by atoms with E-state index in [0.717, 1.165) is 17.3 Å². The molecule has 1 fully saturated rings. The standard InChI is InChI=1S/C19H25Cl2N3O3Si/c1-28(2,3)7-6-26-12-27-16-5-4-15(20)19(21)18(16)13-8-17(25)24(11-13)14-9-22-23-10-14/h4-5,9-10,13H,6-8,11-12H2,1-3H3,(H,22,23)/t13-/m0/s1. The summed E-state index contributed by atoms with van der Waals surface area (Å²) in [5, 5.41) is 7.52. The van der Waals surface area contributed by atoms with E-state index in [9.17, 15) is 4.79 Å². The van der Waals surface area contributed by atoms with Gasteiger partial charge >= 0.3 is 0 Å². The van der Waals surface area contributed by atoms with Gasteiger partial charge in [0.1, 0.15) is 5.75 Å². The maximum absolute atomic E-state index is 12.5. The van der Waals surface area contributed by atoms with Crippen LogP contribution in [-0.2, 0) is 9.53 Å². The third-order valence-electron chi connectivity index (χ3n) is 4.72. The smallest absolute Gasteiger partial charge is 0.227 e. The van der Waals surface area contributed by atoms with E-state index in [0.29, 0.717) is 35.4 Å². The molecule has 1 amide bonds. The van der Waals surface area contributed by atoms with Gasteiger partial charge in [0, 0.05) is 45.3 Å². The molecule has 1 aliphatic rings. The molecule has 1 aromatic carbocycles. The van der Waals surface area contributed by atoms with Gasteiger partial charge in [0.15, 0.2) is 6.79 Å². The van der Waals surface area contributed by atoms with E-state index in [2.05, 4.69) is 29.8 Å². The number of halogens is 2. The fraction of sp³-hybridized carbons (Fsp3) is 0.474. The summed E-state index contributed by atoms with van der Waals surface area (Å²) in [6.45, 7) is 8.21. The number of anilines is 1. The average molecular weight is 442 g/mol. The number of H-pyrrole nitrogens is 1. The Morgan fingerprint density at radius 3 is 2.79 bits per heavy atom. The number of aromatic amines is 1. The first-order chi connectivity index (χ1) is 13.3. The van der Waals surface area contributed by atoms with E-state index in [1.807, 2.05) is 0 Å². The highest BCUT2D eigenvalue weighted by atomic mass is 35.5. The van der Waals surface area contributed by atoms with Gasteiger partial charge in [-0.3, -0.25) is 9.89 Å². The summed E-state index contributed by atoms with van der Waals surface area (Å²) < 4.78 is 11.5. The molecule has 0 aliphatic carbocycles. The fourth-order valence-electron chi connectivity index (χ4n) is 3.14. The first kappa shape index (κ1) is 21.2. The van der Waals surface area contributed by atoms with Crippen molar-refractivity contribution in [2.75, 3.05) is 24.8 Å². The molecule has 1 N–H and O–H groups in total. The molecule has 6 nitrogen and oxygen atoms in total. The van der Waals surface area contributed by atoms with Crippen molar-refractivity contribution in [3.8, 4) is 5.75 Å². The first-order valence-corrected chi connectivity index (χ1v) is 13.7. The highest BCUT2D eigenvalue weighted by Gasteiger charge is 2.35. The molecule has 0 radical (unpaired) electrons. The zero-order valence-corrected chi connectivity index (χ0v) is 18.8. The Bertz CT molecular complexity index is 825. The molecule has 1 atom stereocenters. The Balaban J connectivity index is 1.72. The van der Waals surface area contributed by atoms with Crippen LogP contribution in [0.2, 0.25) is 35.7 Å². The summed E-state index contributed by atoms with van der Waals surface area (Å²) in [7, 11) is -1.15. The second kappa shape index (κ2) is 8.86. The minimum absolute atomic E-state index is 0.0137. The second-order valence-electron chi connectivity index (χ2n) is 8.12. The summed E-state index contributed by atoms with van der Waals surface area (Å²) in [6, 6.07) is 4.56. The van der Waals surface area contributed by atoms with E-state index in [1.54, 1.807) is 29.4 Å². The number of amides is 1. The number of rotatable bonds is 8. The molecule has 0 saturated carbocycles. The normalized spacial score (nSPS) is 17.4. The SMILES string of the molecule is C[Si](C)(C)CCOCOc1ccc(Cl)c(Cl)c1[C@H]1CC(=O)N(c2cn[nH]c2)C1. The fourth-order valence-corrected chi connectivity index (χ4v) is 4.37. The van der Waals surface area contributed by atoms with Gasteiger partial charge in [0.05, 0.1) is 21.9 Å². The Labute approximate surface area is 176 Å². The Morgan fingerprint density at radius 2 is 2.11 bits per heavy atom. The number of nitrogens with one attached hydrogen (secondary N) is 1. The van der Waals surface area contributed by atoms with Crippen LogP contribution in [-0.4, -0.2) is 44.1 Å². The quantitative estimate of drug-likeness (QED) is 0.358. The third kappa shape index (κ3) is 5.08. The van der Waals surface area contributed by atoms with Crippen molar-refractivity contribution in [3.05, 3.63) is 40.1 Å². The van der Waals surface area contributed by atoms with Gasteiger partial charge in [-0.05, 0) is 18.2 Å². The van der Waals surface area contributed by atoms with E-state index in [1.165, 1.54) is 0 Å². The molecule has 0 bridgehead atoms. The average Bonchev–Trinajstić information content (AvgIpc) is 3.26. The molecular weight excluding hydrogens is 417 g/mol. The molecule has 1 saturated heterocycles. The van der Waals surface area contributed by atoms with Crippen molar-refractivity contribution < 1.29 is 14.3 Å². The van der Waals surface area contributed by atoms with E-state index >= 15 is 0 Å². The number of aromatic nitrogens is 2. The van der Waals surface area contributed by atoms with Crippen molar-refractivity contribution in [1.82, 2.24) is 10.2 Å². The van der Waals surface area contributed by atoms with Gasteiger partial charge in [-0.1, -0.05) is 42.8 Å². The van der Waals surface area contributed by atoms with Crippen molar-refractivity contribution >= 4 is 42.9 Å². The van der Waals surface area contributed by atoms with Crippen LogP contribution in [0.1, 0.15) is 17.9 Å². The molecule has 3 rings (SSSR count). The Hall–Kier alpha value is -1.54. The Morgan fingerprint density at radius 1 is 1.32 bits per heavy atom. The van der Waals surface area contributed by atoms with Crippen LogP contribution >= 0.6 is 23.2 Å². The van der Waals surface area contributed by atoms with Crippen LogP contribution in [0.15, 0.2) is 24.5 Å². The van der Waals surface area contributed by atoms with Crippen LogP contribution in [0, 0.1) is 0 Å². The second-order valence-corrected chi connectivity index (χ2v) is 14.5. The molecule has 0 spiro atoms. The minimum atomic E-state index is -1.15. The lowest BCUT2D eigenvalue weighted by Gasteiger charge is -2.20. The molecule has 28 heavy (non-hydrogen) atoms. The molecule has 9 heteroatoms. The molecule has 152 valence electrons. The number of hydrogen-bond donors (Lipinski definition) is 1. The number of hydrogen-bond acceptors (Lipinski definition) is 4. The molecule has 2 heterocycles. The highest BCUT2D eigenvalue weighted by molar-refractivity contribution is 6.76. The first-order valence-electron chi connectivity index (χ1n) is 9.24. The number of carbonyl (C=O) groups excluding carboxylic acids is 1. The Kier molecular flexibility index (Phi) is 6.70. The van der Waals surface area contributed by atoms with Gasteiger partial charge in [-0.15, -0.1) is 0 Å². The molecular formula is C19H25Cl2N3O3Si. The third-order valence-corrected chi connectivity index (χ3v) is 7.24. The summed E-state index contributed by atoms with van der Waals surface area (Å²) >= 11 is 12.7.